The van der Waals surface area contributed by atoms with Crippen LogP contribution < -0.4 is 4.90 Å². The van der Waals surface area contributed by atoms with Crippen LogP contribution in [0.4, 0.5) is 17.1 Å². The molecular weight excluding hydrogens is 603 g/mol. The Labute approximate surface area is 294 Å². The van der Waals surface area contributed by atoms with Gasteiger partial charge in [-0.25, -0.2) is 0 Å². The standard InChI is InChI=1S/C49H37N/c1-49(2)47-32-41(29-30-43(47)46-33-45(37-19-10-5-11-20-37)42-23-12-13-24-44(42)48(46)49)50(39-27-25-36(26-28-39)34-15-6-3-7-16-34)40-22-14-21-38(31-40)35-17-8-4-9-18-35/h3-33H,1-2H3. The van der Waals surface area contributed by atoms with Gasteiger partial charge in [0, 0.05) is 22.5 Å². The third-order valence-electron chi connectivity index (χ3n) is 10.4. The van der Waals surface area contributed by atoms with Gasteiger partial charge in [0.2, 0.25) is 0 Å². The highest BCUT2D eigenvalue weighted by atomic mass is 15.1. The Hall–Kier alpha value is -6.18. The topological polar surface area (TPSA) is 3.24 Å². The minimum atomic E-state index is -0.190. The maximum absolute atomic E-state index is 2.44. The third kappa shape index (κ3) is 5.02. The summed E-state index contributed by atoms with van der Waals surface area (Å²) in [6, 6.07) is 68.4. The molecule has 8 aromatic rings. The van der Waals surface area contributed by atoms with Gasteiger partial charge in [-0.15, -0.1) is 0 Å². The lowest BCUT2D eigenvalue weighted by Gasteiger charge is -2.29. The maximum Gasteiger partial charge on any atom is 0.0467 e. The van der Waals surface area contributed by atoms with Crippen molar-refractivity contribution in [1.29, 1.82) is 0 Å². The van der Waals surface area contributed by atoms with Crippen molar-refractivity contribution in [1.82, 2.24) is 0 Å². The number of benzene rings is 8. The molecule has 0 aromatic heterocycles. The Morgan fingerprint density at radius 3 is 1.54 bits per heavy atom. The van der Waals surface area contributed by atoms with E-state index in [-0.39, 0.29) is 5.41 Å². The van der Waals surface area contributed by atoms with E-state index >= 15 is 0 Å². The lowest BCUT2D eigenvalue weighted by molar-refractivity contribution is 0.666. The van der Waals surface area contributed by atoms with E-state index in [1.54, 1.807) is 0 Å². The van der Waals surface area contributed by atoms with E-state index in [9.17, 15) is 0 Å². The molecule has 0 fully saturated rings. The highest BCUT2D eigenvalue weighted by Crippen LogP contribution is 2.54. The highest BCUT2D eigenvalue weighted by Gasteiger charge is 2.38. The molecule has 1 heteroatoms. The van der Waals surface area contributed by atoms with E-state index in [1.807, 2.05) is 0 Å². The van der Waals surface area contributed by atoms with E-state index in [4.69, 9.17) is 0 Å². The van der Waals surface area contributed by atoms with E-state index < -0.39 is 0 Å². The van der Waals surface area contributed by atoms with Crippen LogP contribution in [-0.4, -0.2) is 0 Å². The Kier molecular flexibility index (Phi) is 7.21. The molecule has 0 saturated carbocycles. The van der Waals surface area contributed by atoms with Crippen LogP contribution in [0, 0.1) is 0 Å². The third-order valence-corrected chi connectivity index (χ3v) is 10.4. The number of fused-ring (bicyclic) bond motifs is 5. The fourth-order valence-corrected chi connectivity index (χ4v) is 8.01. The van der Waals surface area contributed by atoms with Crippen molar-refractivity contribution in [3.05, 3.63) is 199 Å². The van der Waals surface area contributed by atoms with Gasteiger partial charge in [0.05, 0.1) is 0 Å². The molecular formula is C49H37N. The molecule has 9 rings (SSSR count). The number of rotatable bonds is 6. The van der Waals surface area contributed by atoms with E-state index in [2.05, 4.69) is 207 Å². The van der Waals surface area contributed by atoms with Gasteiger partial charge in [0.25, 0.3) is 0 Å². The second-order valence-corrected chi connectivity index (χ2v) is 13.8. The lowest BCUT2D eigenvalue weighted by Crippen LogP contribution is -2.17. The molecule has 1 aliphatic rings. The van der Waals surface area contributed by atoms with Gasteiger partial charge in [-0.1, -0.05) is 159 Å². The predicted molar refractivity (Wildman–Crippen MR) is 213 cm³/mol. The summed E-state index contributed by atoms with van der Waals surface area (Å²) in [4.78, 5) is 2.41. The Morgan fingerprint density at radius 2 is 0.860 bits per heavy atom. The zero-order valence-electron chi connectivity index (χ0n) is 28.3. The normalized spacial score (nSPS) is 12.8. The Balaban J connectivity index is 1.22. The van der Waals surface area contributed by atoms with Gasteiger partial charge in [-0.3, -0.25) is 0 Å². The zero-order valence-corrected chi connectivity index (χ0v) is 28.3. The first-order valence-electron chi connectivity index (χ1n) is 17.4. The summed E-state index contributed by atoms with van der Waals surface area (Å²) in [6.07, 6.45) is 0. The molecule has 0 spiro atoms. The van der Waals surface area contributed by atoms with Crippen molar-refractivity contribution in [2.45, 2.75) is 19.3 Å². The van der Waals surface area contributed by atoms with Gasteiger partial charge in [0.15, 0.2) is 0 Å². The summed E-state index contributed by atoms with van der Waals surface area (Å²) in [5.74, 6) is 0. The summed E-state index contributed by atoms with van der Waals surface area (Å²) in [5.41, 5.74) is 16.0. The molecule has 50 heavy (non-hydrogen) atoms. The minimum absolute atomic E-state index is 0.190. The minimum Gasteiger partial charge on any atom is -0.310 e. The Morgan fingerprint density at radius 1 is 0.340 bits per heavy atom. The molecule has 0 N–H and O–H groups in total. The van der Waals surface area contributed by atoms with E-state index in [1.165, 1.54) is 66.4 Å². The SMILES string of the molecule is CC1(C)c2cc(N(c3ccc(-c4ccccc4)cc3)c3cccc(-c4ccccc4)c3)ccc2-c2cc(-c3ccccc3)c3ccccc3c21. The van der Waals surface area contributed by atoms with Crippen LogP contribution in [0.25, 0.3) is 55.3 Å². The van der Waals surface area contributed by atoms with E-state index in [0.717, 1.165) is 17.1 Å². The summed E-state index contributed by atoms with van der Waals surface area (Å²) in [6.45, 7) is 4.79. The lowest BCUT2D eigenvalue weighted by atomic mass is 9.79. The molecule has 1 nitrogen and oxygen atoms in total. The number of anilines is 3. The maximum atomic E-state index is 2.44. The van der Waals surface area contributed by atoms with Crippen molar-refractivity contribution in [2.24, 2.45) is 0 Å². The molecule has 0 aliphatic heterocycles. The van der Waals surface area contributed by atoms with Crippen molar-refractivity contribution in [3.63, 3.8) is 0 Å². The van der Waals surface area contributed by atoms with Crippen LogP contribution >= 0.6 is 0 Å². The molecule has 8 aromatic carbocycles. The largest absolute Gasteiger partial charge is 0.310 e. The van der Waals surface area contributed by atoms with Crippen LogP contribution in [0.1, 0.15) is 25.0 Å². The first-order valence-corrected chi connectivity index (χ1v) is 17.4. The van der Waals surface area contributed by atoms with Gasteiger partial charge < -0.3 is 4.90 Å². The van der Waals surface area contributed by atoms with Crippen molar-refractivity contribution in [3.8, 4) is 44.5 Å². The number of hydrogen-bond acceptors (Lipinski definition) is 1. The fraction of sp³-hybridized carbons (Fsp3) is 0.0612. The Bertz CT molecular complexity index is 2480. The molecule has 0 atom stereocenters. The smallest absolute Gasteiger partial charge is 0.0467 e. The second-order valence-electron chi connectivity index (χ2n) is 13.8. The summed E-state index contributed by atoms with van der Waals surface area (Å²) < 4.78 is 0. The van der Waals surface area contributed by atoms with Gasteiger partial charge in [0.1, 0.15) is 0 Å². The van der Waals surface area contributed by atoms with E-state index in [0.29, 0.717) is 0 Å². The molecule has 1 aliphatic carbocycles. The number of nitrogens with zero attached hydrogens (tertiary/aromatic N) is 1. The first kappa shape index (κ1) is 29.9. The first-order chi connectivity index (χ1) is 24.6. The quantitative estimate of drug-likeness (QED) is 0.175. The van der Waals surface area contributed by atoms with Gasteiger partial charge >= 0.3 is 0 Å². The average Bonchev–Trinajstić information content (AvgIpc) is 3.41. The summed E-state index contributed by atoms with van der Waals surface area (Å²) in [5, 5.41) is 2.63. The molecule has 238 valence electrons. The predicted octanol–water partition coefficient (Wildman–Crippen LogP) is 13.6. The van der Waals surface area contributed by atoms with Gasteiger partial charge in [-0.05, 0) is 109 Å². The second kappa shape index (κ2) is 12.1. The van der Waals surface area contributed by atoms with Crippen LogP contribution in [0.3, 0.4) is 0 Å². The van der Waals surface area contributed by atoms with Crippen LogP contribution in [0.2, 0.25) is 0 Å². The number of hydrogen-bond donors (Lipinski definition) is 0. The van der Waals surface area contributed by atoms with Gasteiger partial charge in [-0.2, -0.15) is 0 Å². The molecule has 0 amide bonds. The van der Waals surface area contributed by atoms with Crippen LogP contribution in [0.5, 0.6) is 0 Å². The molecule has 0 unspecified atom stereocenters. The summed E-state index contributed by atoms with van der Waals surface area (Å²) in [7, 11) is 0. The van der Waals surface area contributed by atoms with Crippen molar-refractivity contribution >= 4 is 27.8 Å². The van der Waals surface area contributed by atoms with Crippen molar-refractivity contribution in [2.75, 3.05) is 4.90 Å². The monoisotopic (exact) mass is 639 g/mol. The molecule has 0 saturated heterocycles. The van der Waals surface area contributed by atoms with Crippen molar-refractivity contribution < 1.29 is 0 Å². The molecule has 0 radical (unpaired) electrons. The van der Waals surface area contributed by atoms with Crippen LogP contribution in [0.15, 0.2) is 188 Å². The summed E-state index contributed by atoms with van der Waals surface area (Å²) >= 11 is 0. The molecule has 0 heterocycles. The average molecular weight is 640 g/mol. The molecule has 0 bridgehead atoms. The highest BCUT2D eigenvalue weighted by molar-refractivity contribution is 6.06. The fourth-order valence-electron chi connectivity index (χ4n) is 8.01. The van der Waals surface area contributed by atoms with Crippen LogP contribution in [-0.2, 0) is 5.41 Å². The zero-order chi connectivity index (χ0) is 33.7.